The second-order valence-corrected chi connectivity index (χ2v) is 7.88. The number of urea groups is 2. The van der Waals surface area contributed by atoms with Gasteiger partial charge in [-0.3, -0.25) is 20.4 Å². The smallest absolute Gasteiger partial charge is 0.342 e. The highest BCUT2D eigenvalue weighted by molar-refractivity contribution is 6.14. The molecule has 0 radical (unpaired) electrons. The number of imide groups is 1. The number of anilines is 3. The maximum Gasteiger partial charge on any atom is 0.342 e. The summed E-state index contributed by atoms with van der Waals surface area (Å²) in [7, 11) is 0. The average Bonchev–Trinajstić information content (AvgIpc) is 2.92. The normalized spacial score (nSPS) is 10.1. The van der Waals surface area contributed by atoms with Gasteiger partial charge in [-0.15, -0.1) is 0 Å². The van der Waals surface area contributed by atoms with E-state index in [0.717, 1.165) is 16.2 Å². The third-order valence-corrected chi connectivity index (χ3v) is 5.20. The van der Waals surface area contributed by atoms with Crippen LogP contribution in [-0.4, -0.2) is 30.4 Å². The standard InChI is InChI=1S/C26H29N7O4/c27-30-26(37)33(22-9-5-2-6-10-22)24(35)17-18-28-20-14-11-19(12-15-20)13-16-23(34)31-32-25(36)29-21-7-3-1-4-8-21/h1-12,14-15,28H,13,16-18,27H2,(H,30,37)(H,31,34)(H2,29,32,36). The van der Waals surface area contributed by atoms with Gasteiger partial charge in [0.1, 0.15) is 0 Å². The zero-order valence-corrected chi connectivity index (χ0v) is 20.1. The molecule has 11 nitrogen and oxygen atoms in total. The summed E-state index contributed by atoms with van der Waals surface area (Å²) in [4.78, 5) is 49.6. The Morgan fingerprint density at radius 3 is 2.03 bits per heavy atom. The van der Waals surface area contributed by atoms with E-state index in [9.17, 15) is 19.2 Å². The van der Waals surface area contributed by atoms with Gasteiger partial charge in [0, 0.05) is 30.8 Å². The van der Waals surface area contributed by atoms with Crippen molar-refractivity contribution in [2.24, 2.45) is 5.84 Å². The largest absolute Gasteiger partial charge is 0.385 e. The molecule has 3 aromatic carbocycles. The van der Waals surface area contributed by atoms with E-state index < -0.39 is 18.0 Å². The van der Waals surface area contributed by atoms with Gasteiger partial charge in [0.15, 0.2) is 0 Å². The van der Waals surface area contributed by atoms with Crippen LogP contribution in [0.15, 0.2) is 84.9 Å². The predicted molar refractivity (Wildman–Crippen MR) is 141 cm³/mol. The van der Waals surface area contributed by atoms with Crippen LogP contribution in [0, 0.1) is 0 Å². The van der Waals surface area contributed by atoms with Gasteiger partial charge < -0.3 is 10.6 Å². The van der Waals surface area contributed by atoms with Crippen molar-refractivity contribution in [1.82, 2.24) is 16.3 Å². The van der Waals surface area contributed by atoms with Crippen molar-refractivity contribution in [1.29, 1.82) is 0 Å². The number of hydrogen-bond donors (Lipinski definition) is 6. The minimum absolute atomic E-state index is 0.0646. The van der Waals surface area contributed by atoms with Crippen molar-refractivity contribution in [3.63, 3.8) is 0 Å². The molecule has 0 unspecified atom stereocenters. The molecular formula is C26H29N7O4. The lowest BCUT2D eigenvalue weighted by molar-refractivity contribution is -0.121. The maximum absolute atomic E-state index is 12.6. The Bertz CT molecular complexity index is 1190. The van der Waals surface area contributed by atoms with Crippen LogP contribution in [0.5, 0.6) is 0 Å². The van der Waals surface area contributed by atoms with Gasteiger partial charge in [0.05, 0.1) is 5.69 Å². The predicted octanol–water partition coefficient (Wildman–Crippen LogP) is 2.89. The van der Waals surface area contributed by atoms with Crippen molar-refractivity contribution in [3.05, 3.63) is 90.5 Å². The van der Waals surface area contributed by atoms with Crippen LogP contribution in [-0.2, 0) is 16.0 Å². The van der Waals surface area contributed by atoms with Crippen molar-refractivity contribution in [2.45, 2.75) is 19.3 Å². The highest BCUT2D eigenvalue weighted by atomic mass is 16.2. The van der Waals surface area contributed by atoms with Gasteiger partial charge >= 0.3 is 12.1 Å². The van der Waals surface area contributed by atoms with Crippen molar-refractivity contribution < 1.29 is 19.2 Å². The van der Waals surface area contributed by atoms with E-state index in [2.05, 4.69) is 21.5 Å². The number of rotatable bonds is 9. The number of para-hydroxylation sites is 2. The number of hydrogen-bond acceptors (Lipinski definition) is 6. The van der Waals surface area contributed by atoms with Crippen LogP contribution >= 0.6 is 0 Å². The summed E-state index contributed by atoms with van der Waals surface area (Å²) in [5, 5.41) is 5.74. The highest BCUT2D eigenvalue weighted by Gasteiger charge is 2.22. The van der Waals surface area contributed by atoms with Gasteiger partial charge in [0.25, 0.3) is 0 Å². The van der Waals surface area contributed by atoms with Crippen LogP contribution in [0.25, 0.3) is 0 Å². The van der Waals surface area contributed by atoms with E-state index in [1.54, 1.807) is 54.6 Å². The van der Waals surface area contributed by atoms with Gasteiger partial charge in [-0.25, -0.2) is 25.8 Å². The molecule has 7 N–H and O–H groups in total. The Balaban J connectivity index is 1.38. The SMILES string of the molecule is NNC(=O)N(C(=O)CCNc1ccc(CCC(=O)NNC(=O)Nc2ccccc2)cc1)c1ccccc1. The molecule has 0 heterocycles. The third kappa shape index (κ3) is 8.67. The Morgan fingerprint density at radius 2 is 1.38 bits per heavy atom. The Labute approximate surface area is 214 Å². The fraction of sp³-hybridized carbons (Fsp3) is 0.154. The molecule has 37 heavy (non-hydrogen) atoms. The van der Waals surface area contributed by atoms with Crippen molar-refractivity contribution >= 4 is 40.9 Å². The monoisotopic (exact) mass is 503 g/mol. The van der Waals surface area contributed by atoms with Gasteiger partial charge in [-0.05, 0) is 48.4 Å². The molecule has 0 fully saturated rings. The summed E-state index contributed by atoms with van der Waals surface area (Å²) < 4.78 is 0. The fourth-order valence-corrected chi connectivity index (χ4v) is 3.36. The fourth-order valence-electron chi connectivity index (χ4n) is 3.36. The number of benzene rings is 3. The molecule has 0 atom stereocenters. The van der Waals surface area contributed by atoms with Crippen LogP contribution in [0.3, 0.4) is 0 Å². The summed E-state index contributed by atoms with van der Waals surface area (Å²) >= 11 is 0. The topological polar surface area (TPSA) is 158 Å². The number of aryl methyl sites for hydroxylation is 1. The molecule has 0 bridgehead atoms. The van der Waals surface area contributed by atoms with E-state index in [1.165, 1.54) is 0 Å². The first-order valence-corrected chi connectivity index (χ1v) is 11.6. The lowest BCUT2D eigenvalue weighted by Gasteiger charge is -2.20. The Morgan fingerprint density at radius 1 is 0.730 bits per heavy atom. The van der Waals surface area contributed by atoms with E-state index in [-0.39, 0.29) is 18.7 Å². The third-order valence-electron chi connectivity index (χ3n) is 5.20. The summed E-state index contributed by atoms with van der Waals surface area (Å²) in [5.41, 5.74) is 9.44. The minimum Gasteiger partial charge on any atom is -0.385 e. The second-order valence-electron chi connectivity index (χ2n) is 7.88. The molecule has 0 spiro atoms. The van der Waals surface area contributed by atoms with Crippen LogP contribution < -0.4 is 37.7 Å². The number of nitrogens with two attached hydrogens (primary N) is 1. The number of hydrazine groups is 2. The Kier molecular flexibility index (Phi) is 10.00. The maximum atomic E-state index is 12.6. The second kappa shape index (κ2) is 13.9. The van der Waals surface area contributed by atoms with Gasteiger partial charge in [-0.1, -0.05) is 48.5 Å². The molecule has 0 saturated carbocycles. The number of nitrogens with one attached hydrogen (secondary N) is 5. The van der Waals surface area contributed by atoms with Crippen LogP contribution in [0.2, 0.25) is 0 Å². The number of amides is 6. The molecule has 3 aromatic rings. The lowest BCUT2D eigenvalue weighted by atomic mass is 10.1. The summed E-state index contributed by atoms with van der Waals surface area (Å²) in [6.45, 7) is 0.304. The van der Waals surface area contributed by atoms with Gasteiger partial charge in [-0.2, -0.15) is 0 Å². The first-order chi connectivity index (χ1) is 18.0. The first kappa shape index (κ1) is 26.7. The van der Waals surface area contributed by atoms with E-state index in [4.69, 9.17) is 5.84 Å². The van der Waals surface area contributed by atoms with Crippen molar-refractivity contribution in [2.75, 3.05) is 22.1 Å². The van der Waals surface area contributed by atoms with Crippen LogP contribution in [0.4, 0.5) is 26.7 Å². The molecule has 192 valence electrons. The molecule has 11 heteroatoms. The first-order valence-electron chi connectivity index (χ1n) is 11.6. The molecule has 0 aliphatic carbocycles. The number of carbonyl (C=O) groups is 4. The Hall–Kier alpha value is -4.90. The van der Waals surface area contributed by atoms with E-state index >= 15 is 0 Å². The molecule has 0 aromatic heterocycles. The molecule has 3 rings (SSSR count). The van der Waals surface area contributed by atoms with Crippen molar-refractivity contribution in [3.8, 4) is 0 Å². The number of carbonyl (C=O) groups excluding carboxylic acids is 4. The zero-order valence-electron chi connectivity index (χ0n) is 20.1. The zero-order chi connectivity index (χ0) is 26.5. The molecular weight excluding hydrogens is 474 g/mol. The molecule has 6 amide bonds. The van der Waals surface area contributed by atoms with E-state index in [1.807, 2.05) is 35.8 Å². The quantitative estimate of drug-likeness (QED) is 0.150. The van der Waals surface area contributed by atoms with E-state index in [0.29, 0.717) is 24.3 Å². The lowest BCUT2D eigenvalue weighted by Crippen LogP contribution is -2.47. The average molecular weight is 504 g/mol. The molecule has 0 saturated heterocycles. The highest BCUT2D eigenvalue weighted by Crippen LogP contribution is 2.15. The van der Waals surface area contributed by atoms with Crippen LogP contribution in [0.1, 0.15) is 18.4 Å². The minimum atomic E-state index is -0.711. The molecule has 0 aliphatic heterocycles. The van der Waals surface area contributed by atoms with Gasteiger partial charge in [0.2, 0.25) is 11.8 Å². The number of nitrogens with zero attached hydrogens (tertiary/aromatic N) is 1. The molecule has 0 aliphatic rings. The summed E-state index contributed by atoms with van der Waals surface area (Å²) in [6, 6.07) is 23.6. The summed E-state index contributed by atoms with van der Waals surface area (Å²) in [5.74, 6) is 4.50. The summed E-state index contributed by atoms with van der Waals surface area (Å²) in [6.07, 6.45) is 0.729.